The van der Waals surface area contributed by atoms with Gasteiger partial charge in [-0.15, -0.1) is 11.3 Å². The maximum absolute atomic E-state index is 13.5. The molecule has 158 valence electrons. The Morgan fingerprint density at radius 2 is 1.84 bits per heavy atom. The van der Waals surface area contributed by atoms with E-state index in [1.54, 1.807) is 14.2 Å². The van der Waals surface area contributed by atoms with Crippen molar-refractivity contribution in [1.29, 1.82) is 0 Å². The first kappa shape index (κ1) is 19.8. The van der Waals surface area contributed by atoms with Crippen molar-refractivity contribution < 1.29 is 14.3 Å². The number of ether oxygens (including phenoxy) is 2. The summed E-state index contributed by atoms with van der Waals surface area (Å²) < 4.78 is 10.9. The molecule has 1 aliphatic rings. The van der Waals surface area contributed by atoms with Gasteiger partial charge in [-0.1, -0.05) is 11.6 Å². The number of pyridine rings is 1. The van der Waals surface area contributed by atoms with Crippen LogP contribution in [0.2, 0.25) is 0 Å². The minimum Gasteiger partial charge on any atom is -0.493 e. The smallest absolute Gasteiger partial charge is 0.264 e. The summed E-state index contributed by atoms with van der Waals surface area (Å²) in [6.45, 7) is 4.82. The average Bonchev–Trinajstić information content (AvgIpc) is 3.19. The highest BCUT2D eigenvalue weighted by atomic mass is 32.1. The molecule has 5 nitrogen and oxygen atoms in total. The zero-order valence-electron chi connectivity index (χ0n) is 18.1. The van der Waals surface area contributed by atoms with Crippen LogP contribution in [0.25, 0.3) is 21.1 Å². The van der Waals surface area contributed by atoms with E-state index in [-0.39, 0.29) is 11.9 Å². The Hall–Kier alpha value is -3.12. The van der Waals surface area contributed by atoms with Crippen LogP contribution in [0.4, 0.5) is 0 Å². The van der Waals surface area contributed by atoms with Gasteiger partial charge in [0, 0.05) is 17.3 Å². The Labute approximate surface area is 185 Å². The number of fused-ring (bicyclic) bond motifs is 3. The Morgan fingerprint density at radius 1 is 1.06 bits per heavy atom. The van der Waals surface area contributed by atoms with Crippen molar-refractivity contribution in [3.8, 4) is 11.5 Å². The molecule has 0 unspecified atom stereocenters. The summed E-state index contributed by atoms with van der Waals surface area (Å²) in [7, 11) is 3.28. The van der Waals surface area contributed by atoms with Crippen LogP contribution < -0.4 is 9.47 Å². The third-order valence-corrected chi connectivity index (χ3v) is 7.15. The number of carbonyl (C=O) groups excluding carboxylic acids is 1. The largest absolute Gasteiger partial charge is 0.493 e. The third-order valence-electron chi connectivity index (χ3n) is 6.11. The molecule has 31 heavy (non-hydrogen) atoms. The molecule has 0 N–H and O–H groups in total. The van der Waals surface area contributed by atoms with Gasteiger partial charge in [-0.25, -0.2) is 4.98 Å². The number of aromatic nitrogens is 1. The summed E-state index contributed by atoms with van der Waals surface area (Å²) in [5, 5.41) is 2.12. The van der Waals surface area contributed by atoms with E-state index in [1.807, 2.05) is 29.2 Å². The molecule has 2 aromatic heterocycles. The SMILES string of the molecule is COc1cc2c(cc1OC)[C@@H](C)N(C(=O)c1cc3cc4cc(C)ccc4nc3s1)CC2. The van der Waals surface area contributed by atoms with Crippen molar-refractivity contribution in [3.05, 3.63) is 64.0 Å². The van der Waals surface area contributed by atoms with Gasteiger partial charge >= 0.3 is 0 Å². The fourth-order valence-electron chi connectivity index (χ4n) is 4.42. The normalized spacial score (nSPS) is 15.9. The predicted octanol–water partition coefficient (Wildman–Crippen LogP) is 5.53. The molecule has 2 aromatic carbocycles. The van der Waals surface area contributed by atoms with Gasteiger partial charge < -0.3 is 14.4 Å². The van der Waals surface area contributed by atoms with Crippen LogP contribution >= 0.6 is 11.3 Å². The number of amides is 1. The summed E-state index contributed by atoms with van der Waals surface area (Å²) >= 11 is 1.47. The van der Waals surface area contributed by atoms with Crippen molar-refractivity contribution in [1.82, 2.24) is 9.88 Å². The van der Waals surface area contributed by atoms with Crippen molar-refractivity contribution >= 4 is 38.4 Å². The highest BCUT2D eigenvalue weighted by molar-refractivity contribution is 7.20. The highest BCUT2D eigenvalue weighted by Crippen LogP contribution is 2.39. The van der Waals surface area contributed by atoms with E-state index in [0.29, 0.717) is 12.3 Å². The number of aryl methyl sites for hydroxylation is 1. The van der Waals surface area contributed by atoms with Crippen molar-refractivity contribution in [3.63, 3.8) is 0 Å². The van der Waals surface area contributed by atoms with Gasteiger partial charge in [0.2, 0.25) is 0 Å². The first-order valence-corrected chi connectivity index (χ1v) is 11.2. The fraction of sp³-hybridized carbons (Fsp3) is 0.280. The molecule has 4 aromatic rings. The molecule has 1 atom stereocenters. The van der Waals surface area contributed by atoms with Crippen molar-refractivity contribution in [2.75, 3.05) is 20.8 Å². The molecule has 0 aliphatic carbocycles. The number of nitrogens with zero attached hydrogens (tertiary/aromatic N) is 2. The molecule has 0 bridgehead atoms. The third kappa shape index (κ3) is 3.31. The van der Waals surface area contributed by atoms with E-state index in [4.69, 9.17) is 14.5 Å². The first-order chi connectivity index (χ1) is 15.0. The second kappa shape index (κ2) is 7.54. The van der Waals surface area contributed by atoms with Crippen LogP contribution in [0.3, 0.4) is 0 Å². The van der Waals surface area contributed by atoms with Gasteiger partial charge in [0.15, 0.2) is 11.5 Å². The van der Waals surface area contributed by atoms with Gasteiger partial charge in [-0.3, -0.25) is 4.79 Å². The van der Waals surface area contributed by atoms with Gasteiger partial charge in [0.25, 0.3) is 5.91 Å². The number of rotatable bonds is 3. The van der Waals surface area contributed by atoms with E-state index >= 15 is 0 Å². The maximum atomic E-state index is 13.5. The highest BCUT2D eigenvalue weighted by Gasteiger charge is 2.30. The number of benzene rings is 2. The Morgan fingerprint density at radius 3 is 2.61 bits per heavy atom. The molecule has 0 spiro atoms. The Bertz CT molecular complexity index is 1330. The topological polar surface area (TPSA) is 51.7 Å². The maximum Gasteiger partial charge on any atom is 0.264 e. The van der Waals surface area contributed by atoms with E-state index in [1.165, 1.54) is 22.5 Å². The number of carbonyl (C=O) groups is 1. The lowest BCUT2D eigenvalue weighted by Crippen LogP contribution is -2.38. The molecule has 6 heteroatoms. The van der Waals surface area contributed by atoms with Gasteiger partial charge in [0.1, 0.15) is 4.83 Å². The summed E-state index contributed by atoms with van der Waals surface area (Å²) in [5.41, 5.74) is 4.47. The summed E-state index contributed by atoms with van der Waals surface area (Å²) in [4.78, 5) is 21.8. The molecule has 0 fully saturated rings. The summed E-state index contributed by atoms with van der Waals surface area (Å²) in [5.74, 6) is 1.47. The molecule has 0 saturated carbocycles. The number of thiophene rings is 1. The van der Waals surface area contributed by atoms with Crippen molar-refractivity contribution in [2.45, 2.75) is 26.3 Å². The van der Waals surface area contributed by atoms with Crippen LogP contribution in [0.1, 0.15) is 39.3 Å². The lowest BCUT2D eigenvalue weighted by atomic mass is 9.92. The predicted molar refractivity (Wildman–Crippen MR) is 125 cm³/mol. The number of hydrogen-bond donors (Lipinski definition) is 0. The first-order valence-electron chi connectivity index (χ1n) is 10.3. The second-order valence-electron chi connectivity index (χ2n) is 8.02. The fourth-order valence-corrected chi connectivity index (χ4v) is 5.40. The number of methoxy groups -OCH3 is 2. The van der Waals surface area contributed by atoms with E-state index in [0.717, 1.165) is 43.7 Å². The van der Waals surface area contributed by atoms with E-state index in [2.05, 4.69) is 32.0 Å². The minimum atomic E-state index is -0.0454. The molecule has 1 aliphatic heterocycles. The lowest BCUT2D eigenvalue weighted by Gasteiger charge is -2.35. The van der Waals surface area contributed by atoms with Crippen molar-refractivity contribution in [2.24, 2.45) is 0 Å². The molecule has 0 saturated heterocycles. The quantitative estimate of drug-likeness (QED) is 0.427. The second-order valence-corrected chi connectivity index (χ2v) is 9.05. The van der Waals surface area contributed by atoms with Gasteiger partial charge in [-0.2, -0.15) is 0 Å². The van der Waals surface area contributed by atoms with Gasteiger partial charge in [0.05, 0.1) is 30.7 Å². The summed E-state index contributed by atoms with van der Waals surface area (Å²) in [6, 6.07) is 14.3. The van der Waals surface area contributed by atoms with E-state index in [9.17, 15) is 4.79 Å². The molecular formula is C25H24N2O3S. The van der Waals surface area contributed by atoms with Crippen LogP contribution in [0.5, 0.6) is 11.5 Å². The Kier molecular flexibility index (Phi) is 4.82. The lowest BCUT2D eigenvalue weighted by molar-refractivity contribution is 0.0682. The summed E-state index contributed by atoms with van der Waals surface area (Å²) in [6.07, 6.45) is 0.790. The average molecular weight is 433 g/mol. The molecular weight excluding hydrogens is 408 g/mol. The zero-order valence-corrected chi connectivity index (χ0v) is 18.9. The molecule has 1 amide bonds. The molecule has 3 heterocycles. The van der Waals surface area contributed by atoms with Crippen LogP contribution in [-0.4, -0.2) is 36.6 Å². The molecule has 0 radical (unpaired) electrons. The van der Waals surface area contributed by atoms with Gasteiger partial charge in [-0.05, 0) is 67.8 Å². The number of hydrogen-bond acceptors (Lipinski definition) is 5. The Balaban J connectivity index is 1.50. The van der Waals surface area contributed by atoms with E-state index < -0.39 is 0 Å². The standard InChI is InChI=1S/C25H24N2O3S/c1-14-5-6-20-17(9-14)10-18-12-23(31-24(18)26-20)25(28)27-8-7-16-11-21(29-3)22(30-4)13-19(16)15(27)2/h5-6,9-13,15H,7-8H2,1-4H3/t15-/m1/s1. The van der Waals surface area contributed by atoms with Crippen LogP contribution in [-0.2, 0) is 6.42 Å². The zero-order chi connectivity index (χ0) is 21.7. The van der Waals surface area contributed by atoms with Crippen LogP contribution in [0, 0.1) is 6.92 Å². The minimum absolute atomic E-state index is 0.0454. The molecule has 5 rings (SSSR count). The monoisotopic (exact) mass is 432 g/mol. The van der Waals surface area contributed by atoms with Crippen LogP contribution in [0.15, 0.2) is 42.5 Å².